The Morgan fingerprint density at radius 1 is 1.06 bits per heavy atom. The first kappa shape index (κ1) is 26.6. The Hall–Kier alpha value is -2.42. The molecule has 0 fully saturated rings. The zero-order valence-corrected chi connectivity index (χ0v) is 19.6. The van der Waals surface area contributed by atoms with Gasteiger partial charge in [0.05, 0.1) is 25.7 Å². The summed E-state index contributed by atoms with van der Waals surface area (Å²) >= 11 is 0. The topological polar surface area (TPSA) is 112 Å². The van der Waals surface area contributed by atoms with E-state index in [0.29, 0.717) is 17.2 Å². The van der Waals surface area contributed by atoms with Gasteiger partial charge < -0.3 is 25.3 Å². The highest BCUT2D eigenvalue weighted by Gasteiger charge is 2.46. The van der Waals surface area contributed by atoms with Gasteiger partial charge >= 0.3 is 5.51 Å². The van der Waals surface area contributed by atoms with E-state index in [9.17, 15) is 21.6 Å². The van der Waals surface area contributed by atoms with Gasteiger partial charge in [-0.05, 0) is 36.4 Å². The SMILES string of the molecule is COc1ccc(NC(N)=NCCOc2ccc(S(=O)(=O)C(F)(F)F)cc2)cc1OC.I. The molecule has 0 saturated heterocycles. The molecule has 0 aromatic heterocycles. The molecule has 8 nitrogen and oxygen atoms in total. The number of alkyl halides is 3. The van der Waals surface area contributed by atoms with E-state index in [0.717, 1.165) is 24.3 Å². The Bertz CT molecular complexity index is 999. The third-order valence-corrected chi connectivity index (χ3v) is 5.24. The van der Waals surface area contributed by atoms with Gasteiger partial charge in [0.1, 0.15) is 12.4 Å². The molecule has 0 spiro atoms. The maximum Gasteiger partial charge on any atom is 0.501 e. The van der Waals surface area contributed by atoms with Crippen LogP contribution >= 0.6 is 24.0 Å². The van der Waals surface area contributed by atoms with Crippen LogP contribution in [-0.4, -0.2) is 47.3 Å². The van der Waals surface area contributed by atoms with Crippen LogP contribution in [0.1, 0.15) is 0 Å². The minimum atomic E-state index is -5.39. The van der Waals surface area contributed by atoms with Crippen LogP contribution < -0.4 is 25.3 Å². The monoisotopic (exact) mass is 575 g/mol. The number of ether oxygens (including phenoxy) is 3. The summed E-state index contributed by atoms with van der Waals surface area (Å²) in [6.45, 7) is 0.217. The van der Waals surface area contributed by atoms with E-state index in [1.807, 2.05) is 0 Å². The van der Waals surface area contributed by atoms with Crippen molar-refractivity contribution in [1.29, 1.82) is 0 Å². The molecule has 0 aliphatic rings. The first-order valence-electron chi connectivity index (χ1n) is 8.41. The predicted molar refractivity (Wildman–Crippen MR) is 120 cm³/mol. The van der Waals surface area contributed by atoms with Crippen molar-refractivity contribution in [2.75, 3.05) is 32.7 Å². The zero-order valence-electron chi connectivity index (χ0n) is 16.5. The van der Waals surface area contributed by atoms with Crippen molar-refractivity contribution >= 4 is 45.5 Å². The predicted octanol–water partition coefficient (Wildman–Crippen LogP) is 3.42. The van der Waals surface area contributed by atoms with E-state index in [1.165, 1.54) is 14.2 Å². The molecule has 2 aromatic carbocycles. The minimum Gasteiger partial charge on any atom is -0.493 e. The van der Waals surface area contributed by atoms with Gasteiger partial charge in [0, 0.05) is 11.8 Å². The number of nitrogens with two attached hydrogens (primary N) is 1. The lowest BCUT2D eigenvalue weighted by molar-refractivity contribution is -0.0436. The molecular formula is C18H21F3IN3O5S. The quantitative estimate of drug-likeness (QED) is 0.215. The molecule has 0 saturated carbocycles. The molecule has 0 radical (unpaired) electrons. The molecule has 172 valence electrons. The maximum atomic E-state index is 12.5. The van der Waals surface area contributed by atoms with E-state index in [-0.39, 0.29) is 48.8 Å². The lowest BCUT2D eigenvalue weighted by Gasteiger charge is -2.11. The average molecular weight is 575 g/mol. The minimum absolute atomic E-state index is 0. The lowest BCUT2D eigenvalue weighted by Crippen LogP contribution is -2.23. The normalized spacial score (nSPS) is 12.0. The van der Waals surface area contributed by atoms with Gasteiger partial charge in [-0.25, -0.2) is 13.4 Å². The average Bonchev–Trinajstić information content (AvgIpc) is 2.70. The molecule has 2 rings (SSSR count). The summed E-state index contributed by atoms with van der Waals surface area (Å²) in [5.41, 5.74) is 1.06. The summed E-state index contributed by atoms with van der Waals surface area (Å²) in [5.74, 6) is 1.37. The van der Waals surface area contributed by atoms with Crippen molar-refractivity contribution in [2.24, 2.45) is 10.7 Å². The van der Waals surface area contributed by atoms with Crippen molar-refractivity contribution in [3.63, 3.8) is 0 Å². The van der Waals surface area contributed by atoms with Crippen molar-refractivity contribution in [3.05, 3.63) is 42.5 Å². The van der Waals surface area contributed by atoms with Gasteiger partial charge in [-0.2, -0.15) is 13.2 Å². The van der Waals surface area contributed by atoms with Crippen molar-refractivity contribution in [3.8, 4) is 17.2 Å². The molecule has 31 heavy (non-hydrogen) atoms. The molecule has 0 aliphatic carbocycles. The Labute approximate surface area is 194 Å². The molecule has 0 aliphatic heterocycles. The standard InChI is InChI=1S/C18H20F3N3O5S.HI/c1-27-15-8-3-12(11-16(15)28-2)24-17(22)23-9-10-29-13-4-6-14(7-5-13)30(25,26)18(19,20)21;/h3-8,11H,9-10H2,1-2H3,(H3,22,23,24);1H. The first-order valence-corrected chi connectivity index (χ1v) is 9.90. The fourth-order valence-corrected chi connectivity index (χ4v) is 3.04. The Kier molecular flexibility index (Phi) is 9.68. The molecule has 0 atom stereocenters. The smallest absolute Gasteiger partial charge is 0.493 e. The molecule has 0 heterocycles. The van der Waals surface area contributed by atoms with Gasteiger partial charge in [-0.3, -0.25) is 0 Å². The largest absolute Gasteiger partial charge is 0.501 e. The second-order valence-corrected chi connectivity index (χ2v) is 7.67. The van der Waals surface area contributed by atoms with Gasteiger partial charge in [0.25, 0.3) is 9.84 Å². The number of nitrogens with zero attached hydrogens (tertiary/aromatic N) is 1. The number of anilines is 1. The van der Waals surface area contributed by atoms with Crippen LogP contribution in [0.2, 0.25) is 0 Å². The third kappa shape index (κ3) is 7.05. The van der Waals surface area contributed by atoms with E-state index in [1.54, 1.807) is 18.2 Å². The second-order valence-electron chi connectivity index (χ2n) is 5.73. The fourth-order valence-electron chi connectivity index (χ4n) is 2.28. The van der Waals surface area contributed by atoms with E-state index < -0.39 is 20.2 Å². The van der Waals surface area contributed by atoms with Crippen molar-refractivity contribution in [2.45, 2.75) is 10.4 Å². The maximum absolute atomic E-state index is 12.5. The van der Waals surface area contributed by atoms with Gasteiger partial charge in [-0.1, -0.05) is 0 Å². The van der Waals surface area contributed by atoms with Crippen molar-refractivity contribution in [1.82, 2.24) is 0 Å². The fraction of sp³-hybridized carbons (Fsp3) is 0.278. The Morgan fingerprint density at radius 2 is 1.68 bits per heavy atom. The number of sulfone groups is 1. The molecule has 0 unspecified atom stereocenters. The van der Waals surface area contributed by atoms with Crippen LogP contribution in [0.3, 0.4) is 0 Å². The summed E-state index contributed by atoms with van der Waals surface area (Å²) in [6, 6.07) is 9.01. The third-order valence-electron chi connectivity index (χ3n) is 3.74. The summed E-state index contributed by atoms with van der Waals surface area (Å²) < 4.78 is 75.8. The van der Waals surface area contributed by atoms with E-state index in [2.05, 4.69) is 10.3 Å². The van der Waals surface area contributed by atoms with Crippen LogP contribution in [0.25, 0.3) is 0 Å². The zero-order chi connectivity index (χ0) is 22.4. The number of nitrogens with one attached hydrogen (secondary N) is 1. The molecule has 13 heteroatoms. The number of aliphatic imine (C=N–C) groups is 1. The van der Waals surface area contributed by atoms with Crippen molar-refractivity contribution < 1.29 is 35.8 Å². The van der Waals surface area contributed by atoms with Gasteiger partial charge in [-0.15, -0.1) is 24.0 Å². The number of guanidine groups is 1. The van der Waals surface area contributed by atoms with Gasteiger partial charge in [0.15, 0.2) is 17.5 Å². The summed E-state index contributed by atoms with van der Waals surface area (Å²) in [5, 5.41) is 2.87. The highest BCUT2D eigenvalue weighted by molar-refractivity contribution is 14.0. The second kappa shape index (κ2) is 11.3. The van der Waals surface area contributed by atoms with Gasteiger partial charge in [0.2, 0.25) is 0 Å². The molecule has 2 aromatic rings. The van der Waals surface area contributed by atoms with Crippen LogP contribution in [0.5, 0.6) is 17.2 Å². The highest BCUT2D eigenvalue weighted by atomic mass is 127. The first-order chi connectivity index (χ1) is 14.1. The summed E-state index contributed by atoms with van der Waals surface area (Å²) in [6.07, 6.45) is 0. The summed E-state index contributed by atoms with van der Waals surface area (Å²) in [7, 11) is -2.37. The molecule has 3 N–H and O–H groups in total. The highest BCUT2D eigenvalue weighted by Crippen LogP contribution is 2.31. The van der Waals surface area contributed by atoms with Crippen LogP contribution in [-0.2, 0) is 9.84 Å². The summed E-state index contributed by atoms with van der Waals surface area (Å²) in [4.78, 5) is 3.21. The number of hydrogen-bond acceptors (Lipinski definition) is 6. The van der Waals surface area contributed by atoms with Crippen LogP contribution in [0, 0.1) is 0 Å². The number of hydrogen-bond donors (Lipinski definition) is 2. The Balaban J connectivity index is 0.00000480. The van der Waals surface area contributed by atoms with E-state index >= 15 is 0 Å². The molecule has 0 bridgehead atoms. The Morgan fingerprint density at radius 3 is 2.23 bits per heavy atom. The number of rotatable bonds is 8. The van der Waals surface area contributed by atoms with Crippen LogP contribution in [0.15, 0.2) is 52.4 Å². The molecule has 0 amide bonds. The number of halogens is 4. The number of benzene rings is 2. The van der Waals surface area contributed by atoms with E-state index in [4.69, 9.17) is 19.9 Å². The molecular weight excluding hydrogens is 554 g/mol. The number of methoxy groups -OCH3 is 2. The van der Waals surface area contributed by atoms with Crippen LogP contribution in [0.4, 0.5) is 18.9 Å². The lowest BCUT2D eigenvalue weighted by atomic mass is 10.3.